The van der Waals surface area contributed by atoms with Gasteiger partial charge in [-0.15, -0.1) is 0 Å². The van der Waals surface area contributed by atoms with Crippen LogP contribution in [0.1, 0.15) is 34.1 Å². The highest BCUT2D eigenvalue weighted by Crippen LogP contribution is 2.06. The first-order valence-electron chi connectivity index (χ1n) is 4.71. The highest BCUT2D eigenvalue weighted by Gasteiger charge is 2.15. The minimum atomic E-state index is -0.467. The van der Waals surface area contributed by atoms with E-state index in [0.29, 0.717) is 13.0 Å². The zero-order chi connectivity index (χ0) is 11.2. The van der Waals surface area contributed by atoms with Gasteiger partial charge < -0.3 is 10.1 Å². The Morgan fingerprint density at radius 3 is 2.57 bits per heavy atom. The van der Waals surface area contributed by atoms with E-state index in [4.69, 9.17) is 10.00 Å². The summed E-state index contributed by atoms with van der Waals surface area (Å²) in [5.41, 5.74) is -0.467. The van der Waals surface area contributed by atoms with Crippen LogP contribution >= 0.6 is 0 Å². The van der Waals surface area contributed by atoms with E-state index in [1.165, 1.54) is 0 Å². The lowest BCUT2D eigenvalue weighted by Gasteiger charge is -2.19. The monoisotopic (exact) mass is 198 g/mol. The molecule has 0 saturated carbocycles. The summed E-state index contributed by atoms with van der Waals surface area (Å²) in [6.07, 6.45) is 0.220. The summed E-state index contributed by atoms with van der Waals surface area (Å²) in [5, 5.41) is 11.1. The Hall–Kier alpha value is -1.24. The van der Waals surface area contributed by atoms with Crippen LogP contribution in [-0.4, -0.2) is 18.2 Å². The van der Waals surface area contributed by atoms with Crippen LogP contribution in [0, 0.1) is 17.2 Å². The summed E-state index contributed by atoms with van der Waals surface area (Å²) in [4.78, 5) is 11.1. The molecule has 0 radical (unpaired) electrons. The van der Waals surface area contributed by atoms with Crippen LogP contribution in [0.25, 0.3) is 0 Å². The largest absolute Gasteiger partial charge is 0.444 e. The number of amides is 1. The summed E-state index contributed by atoms with van der Waals surface area (Å²) >= 11 is 0. The van der Waals surface area contributed by atoms with Gasteiger partial charge in [-0.1, -0.05) is 0 Å². The van der Waals surface area contributed by atoms with E-state index in [9.17, 15) is 4.79 Å². The Morgan fingerprint density at radius 2 is 2.14 bits per heavy atom. The molecule has 0 aromatic heterocycles. The van der Waals surface area contributed by atoms with Gasteiger partial charge in [-0.2, -0.15) is 5.26 Å². The smallest absolute Gasteiger partial charge is 0.407 e. The molecule has 0 fully saturated rings. The number of rotatable bonds is 3. The molecule has 0 aliphatic carbocycles. The second kappa shape index (κ2) is 5.48. The standard InChI is InChI=1S/C10H18N2O2/c1-8(7-11)5-6-12-9(13)14-10(2,3)4/h8H,5-6H2,1-4H3,(H,12,13). The molecule has 4 heteroatoms. The van der Waals surface area contributed by atoms with Gasteiger partial charge in [-0.05, 0) is 34.1 Å². The highest BCUT2D eigenvalue weighted by molar-refractivity contribution is 5.67. The molecule has 0 aliphatic heterocycles. The lowest BCUT2D eigenvalue weighted by molar-refractivity contribution is 0.0526. The van der Waals surface area contributed by atoms with Crippen molar-refractivity contribution in [1.29, 1.82) is 5.26 Å². The quantitative estimate of drug-likeness (QED) is 0.755. The Morgan fingerprint density at radius 1 is 1.57 bits per heavy atom. The van der Waals surface area contributed by atoms with E-state index in [-0.39, 0.29) is 5.92 Å². The zero-order valence-electron chi connectivity index (χ0n) is 9.26. The molecule has 0 aromatic rings. The number of ether oxygens (including phenoxy) is 1. The average molecular weight is 198 g/mol. The molecule has 14 heavy (non-hydrogen) atoms. The third-order valence-corrected chi connectivity index (χ3v) is 1.47. The maximum Gasteiger partial charge on any atom is 0.407 e. The lowest BCUT2D eigenvalue weighted by atomic mass is 10.1. The first-order valence-corrected chi connectivity index (χ1v) is 4.71. The topological polar surface area (TPSA) is 62.1 Å². The molecule has 0 aromatic carbocycles. The minimum Gasteiger partial charge on any atom is -0.444 e. The lowest BCUT2D eigenvalue weighted by Crippen LogP contribution is -2.33. The highest BCUT2D eigenvalue weighted by atomic mass is 16.6. The van der Waals surface area contributed by atoms with Gasteiger partial charge in [0.05, 0.1) is 6.07 Å². The molecule has 1 atom stereocenters. The molecule has 0 bridgehead atoms. The third-order valence-electron chi connectivity index (χ3n) is 1.47. The van der Waals surface area contributed by atoms with E-state index < -0.39 is 11.7 Å². The molecule has 0 aliphatic rings. The van der Waals surface area contributed by atoms with Gasteiger partial charge >= 0.3 is 6.09 Å². The molecule has 0 heterocycles. The number of nitrogens with one attached hydrogen (secondary N) is 1. The molecule has 1 N–H and O–H groups in total. The molecule has 80 valence electrons. The number of hydrogen-bond acceptors (Lipinski definition) is 3. The molecule has 0 rings (SSSR count). The van der Waals surface area contributed by atoms with E-state index in [0.717, 1.165) is 0 Å². The van der Waals surface area contributed by atoms with Crippen LogP contribution < -0.4 is 5.32 Å². The number of hydrogen-bond donors (Lipinski definition) is 1. The fraction of sp³-hybridized carbons (Fsp3) is 0.800. The predicted molar refractivity (Wildman–Crippen MR) is 53.6 cm³/mol. The van der Waals surface area contributed by atoms with Crippen LogP contribution in [0.4, 0.5) is 4.79 Å². The van der Waals surface area contributed by atoms with Crippen molar-refractivity contribution in [3.8, 4) is 6.07 Å². The number of nitrogens with zero attached hydrogens (tertiary/aromatic N) is 1. The van der Waals surface area contributed by atoms with E-state index in [2.05, 4.69) is 11.4 Å². The number of carbonyl (C=O) groups is 1. The minimum absolute atomic E-state index is 0.0371. The molecule has 0 spiro atoms. The Bertz CT molecular complexity index is 225. The number of nitriles is 1. The van der Waals surface area contributed by atoms with E-state index in [1.807, 2.05) is 27.7 Å². The van der Waals surface area contributed by atoms with Crippen LogP contribution in [0.5, 0.6) is 0 Å². The average Bonchev–Trinajstić information content (AvgIpc) is 2.00. The van der Waals surface area contributed by atoms with Gasteiger partial charge in [0, 0.05) is 12.5 Å². The van der Waals surface area contributed by atoms with Crippen molar-refractivity contribution in [2.24, 2.45) is 5.92 Å². The van der Waals surface area contributed by atoms with Crippen LogP contribution in [0.15, 0.2) is 0 Å². The van der Waals surface area contributed by atoms with Crippen molar-refractivity contribution < 1.29 is 9.53 Å². The van der Waals surface area contributed by atoms with Crippen molar-refractivity contribution >= 4 is 6.09 Å². The second-order valence-electron chi connectivity index (χ2n) is 4.25. The predicted octanol–water partition coefficient (Wildman–Crippen LogP) is 2.06. The summed E-state index contributed by atoms with van der Waals surface area (Å²) < 4.78 is 5.02. The summed E-state index contributed by atoms with van der Waals surface area (Å²) in [7, 11) is 0. The Kier molecular flexibility index (Phi) is 5.00. The van der Waals surface area contributed by atoms with E-state index in [1.54, 1.807) is 0 Å². The van der Waals surface area contributed by atoms with Crippen molar-refractivity contribution in [2.45, 2.75) is 39.7 Å². The molecule has 0 saturated heterocycles. The normalized spacial score (nSPS) is 12.8. The molecular weight excluding hydrogens is 180 g/mol. The fourth-order valence-electron chi connectivity index (χ4n) is 0.769. The molecule has 4 nitrogen and oxygen atoms in total. The van der Waals surface area contributed by atoms with Crippen LogP contribution in [0.2, 0.25) is 0 Å². The van der Waals surface area contributed by atoms with Gasteiger partial charge in [0.15, 0.2) is 0 Å². The fourth-order valence-corrected chi connectivity index (χ4v) is 0.769. The van der Waals surface area contributed by atoms with Crippen molar-refractivity contribution in [3.05, 3.63) is 0 Å². The van der Waals surface area contributed by atoms with Gasteiger partial charge in [0.2, 0.25) is 0 Å². The first kappa shape index (κ1) is 12.8. The molecule has 1 unspecified atom stereocenters. The SMILES string of the molecule is CC(C#N)CCNC(=O)OC(C)(C)C. The maximum atomic E-state index is 11.1. The van der Waals surface area contributed by atoms with Gasteiger partial charge in [0.1, 0.15) is 5.60 Å². The zero-order valence-corrected chi connectivity index (χ0v) is 9.26. The summed E-state index contributed by atoms with van der Waals surface area (Å²) in [6, 6.07) is 2.09. The number of alkyl carbamates (subject to hydrolysis) is 1. The van der Waals surface area contributed by atoms with Gasteiger partial charge in [-0.3, -0.25) is 0 Å². The third kappa shape index (κ3) is 7.41. The van der Waals surface area contributed by atoms with Crippen molar-refractivity contribution in [1.82, 2.24) is 5.32 Å². The summed E-state index contributed by atoms with van der Waals surface area (Å²) in [5.74, 6) is -0.0371. The molecule has 1 amide bonds. The second-order valence-corrected chi connectivity index (χ2v) is 4.25. The van der Waals surface area contributed by atoms with Crippen LogP contribution in [0.3, 0.4) is 0 Å². The first-order chi connectivity index (χ1) is 6.35. The van der Waals surface area contributed by atoms with E-state index >= 15 is 0 Å². The van der Waals surface area contributed by atoms with Crippen molar-refractivity contribution in [2.75, 3.05) is 6.54 Å². The maximum absolute atomic E-state index is 11.1. The van der Waals surface area contributed by atoms with Gasteiger partial charge in [-0.25, -0.2) is 4.79 Å². The van der Waals surface area contributed by atoms with Gasteiger partial charge in [0.25, 0.3) is 0 Å². The Labute approximate surface area is 85.2 Å². The molecular formula is C10H18N2O2. The Balaban J connectivity index is 3.62. The summed E-state index contributed by atoms with van der Waals surface area (Å²) in [6.45, 7) is 7.72. The number of carbonyl (C=O) groups excluding carboxylic acids is 1. The van der Waals surface area contributed by atoms with Crippen molar-refractivity contribution in [3.63, 3.8) is 0 Å². The van der Waals surface area contributed by atoms with Crippen LogP contribution in [-0.2, 0) is 4.74 Å².